The molecule has 1 aromatic rings. The molecule has 106 valence electrons. The van der Waals surface area contributed by atoms with E-state index >= 15 is 0 Å². The Hall–Kier alpha value is -0.770. The molecule has 1 rings (SSSR count). The normalized spacial score (nSPS) is 14.1. The van der Waals surface area contributed by atoms with E-state index in [1.165, 1.54) is 0 Å². The number of carbonyl (C=O) groups is 1. The van der Waals surface area contributed by atoms with Crippen molar-refractivity contribution < 1.29 is 9.90 Å². The second kappa shape index (κ2) is 7.13. The average molecular weight is 304 g/mol. The maximum Gasteiger partial charge on any atom is 0.324 e. The van der Waals surface area contributed by atoms with Crippen LogP contribution in [0, 0.1) is 0 Å². The molecule has 0 amide bonds. The van der Waals surface area contributed by atoms with Crippen LogP contribution in [0.2, 0.25) is 10.0 Å². The number of rotatable bonds is 7. The zero-order valence-electron chi connectivity index (χ0n) is 11.0. The molecule has 3 nitrogen and oxygen atoms in total. The first-order valence-electron chi connectivity index (χ1n) is 6.35. The van der Waals surface area contributed by atoms with Crippen molar-refractivity contribution in [2.75, 3.05) is 0 Å². The molecular formula is C14H19Cl2NO2. The van der Waals surface area contributed by atoms with Crippen LogP contribution in [0.5, 0.6) is 0 Å². The van der Waals surface area contributed by atoms with Crippen molar-refractivity contribution in [1.82, 2.24) is 0 Å². The maximum atomic E-state index is 11.4. The number of carboxylic acid groups (broad SMARTS) is 1. The predicted molar refractivity (Wildman–Crippen MR) is 78.9 cm³/mol. The van der Waals surface area contributed by atoms with Crippen molar-refractivity contribution in [2.24, 2.45) is 5.73 Å². The third-order valence-corrected chi connectivity index (χ3v) is 3.89. The molecule has 0 saturated carbocycles. The standard InChI is InChI=1S/C14H19Cl2NO2/c1-2-3-4-7-14(17,13(18)19)9-10-5-6-11(15)12(16)8-10/h5-6,8H,2-4,7,9,17H2,1H3,(H,18,19). The van der Waals surface area contributed by atoms with Gasteiger partial charge in [0.15, 0.2) is 0 Å². The van der Waals surface area contributed by atoms with E-state index in [1.807, 2.05) is 0 Å². The van der Waals surface area contributed by atoms with Gasteiger partial charge < -0.3 is 10.8 Å². The Morgan fingerprint density at radius 2 is 2.00 bits per heavy atom. The Balaban J connectivity index is 2.82. The maximum absolute atomic E-state index is 11.4. The van der Waals surface area contributed by atoms with E-state index in [9.17, 15) is 9.90 Å². The van der Waals surface area contributed by atoms with Gasteiger partial charge in [-0.2, -0.15) is 0 Å². The van der Waals surface area contributed by atoms with Crippen molar-refractivity contribution >= 4 is 29.2 Å². The summed E-state index contributed by atoms with van der Waals surface area (Å²) in [5.41, 5.74) is 5.57. The molecule has 0 spiro atoms. The van der Waals surface area contributed by atoms with Gasteiger partial charge in [-0.25, -0.2) is 0 Å². The van der Waals surface area contributed by atoms with Gasteiger partial charge in [0.05, 0.1) is 10.0 Å². The van der Waals surface area contributed by atoms with E-state index in [1.54, 1.807) is 18.2 Å². The van der Waals surface area contributed by atoms with Gasteiger partial charge in [-0.1, -0.05) is 55.5 Å². The third kappa shape index (κ3) is 4.68. The summed E-state index contributed by atoms with van der Waals surface area (Å²) in [7, 11) is 0. The van der Waals surface area contributed by atoms with E-state index in [0.717, 1.165) is 24.8 Å². The van der Waals surface area contributed by atoms with Crippen LogP contribution in [0.1, 0.15) is 38.2 Å². The molecule has 0 bridgehead atoms. The number of hydrogen-bond acceptors (Lipinski definition) is 2. The number of halogens is 2. The molecule has 0 fully saturated rings. The van der Waals surface area contributed by atoms with E-state index in [-0.39, 0.29) is 6.42 Å². The van der Waals surface area contributed by atoms with Gasteiger partial charge in [0.1, 0.15) is 5.54 Å². The minimum Gasteiger partial charge on any atom is -0.480 e. The van der Waals surface area contributed by atoms with Gasteiger partial charge in [0, 0.05) is 6.42 Å². The number of carboxylic acids is 1. The Kier molecular flexibility index (Phi) is 6.11. The van der Waals surface area contributed by atoms with Crippen molar-refractivity contribution in [3.63, 3.8) is 0 Å². The molecule has 0 radical (unpaired) electrons. The lowest BCUT2D eigenvalue weighted by atomic mass is 9.86. The molecule has 1 aromatic carbocycles. The van der Waals surface area contributed by atoms with Crippen molar-refractivity contribution in [2.45, 2.75) is 44.6 Å². The summed E-state index contributed by atoms with van der Waals surface area (Å²) in [6, 6.07) is 5.10. The summed E-state index contributed by atoms with van der Waals surface area (Å²) < 4.78 is 0. The molecule has 1 atom stereocenters. The summed E-state index contributed by atoms with van der Waals surface area (Å²) in [5, 5.41) is 10.2. The van der Waals surface area contributed by atoms with Gasteiger partial charge >= 0.3 is 5.97 Å². The minimum atomic E-state index is -1.24. The quantitative estimate of drug-likeness (QED) is 0.751. The minimum absolute atomic E-state index is 0.253. The van der Waals surface area contributed by atoms with Gasteiger partial charge in [-0.3, -0.25) is 4.79 Å². The van der Waals surface area contributed by atoms with E-state index in [2.05, 4.69) is 6.92 Å². The first-order chi connectivity index (χ1) is 8.89. The van der Waals surface area contributed by atoms with Crippen molar-refractivity contribution in [3.05, 3.63) is 33.8 Å². The van der Waals surface area contributed by atoms with Crippen LogP contribution in [0.3, 0.4) is 0 Å². The lowest BCUT2D eigenvalue weighted by molar-refractivity contribution is -0.143. The summed E-state index contributed by atoms with van der Waals surface area (Å²) >= 11 is 11.8. The number of hydrogen-bond donors (Lipinski definition) is 2. The smallest absolute Gasteiger partial charge is 0.324 e. The lowest BCUT2D eigenvalue weighted by Gasteiger charge is -2.25. The molecule has 0 heterocycles. The van der Waals surface area contributed by atoms with Crippen LogP contribution in [0.25, 0.3) is 0 Å². The number of benzene rings is 1. The molecule has 0 saturated heterocycles. The second-order valence-corrected chi connectivity index (χ2v) is 5.66. The predicted octanol–water partition coefficient (Wildman–Crippen LogP) is 3.90. The molecule has 1 unspecified atom stereocenters. The zero-order chi connectivity index (χ0) is 14.5. The highest BCUT2D eigenvalue weighted by Gasteiger charge is 2.33. The topological polar surface area (TPSA) is 63.3 Å². The van der Waals surface area contributed by atoms with Crippen LogP contribution in [-0.4, -0.2) is 16.6 Å². The number of unbranched alkanes of at least 4 members (excludes halogenated alkanes) is 2. The fraction of sp³-hybridized carbons (Fsp3) is 0.500. The van der Waals surface area contributed by atoms with Crippen LogP contribution in [-0.2, 0) is 11.2 Å². The molecule has 0 aliphatic carbocycles. The number of aliphatic carboxylic acids is 1. The second-order valence-electron chi connectivity index (χ2n) is 4.84. The summed E-state index contributed by atoms with van der Waals surface area (Å²) in [6.07, 6.45) is 3.52. The highest BCUT2D eigenvalue weighted by molar-refractivity contribution is 6.42. The van der Waals surface area contributed by atoms with Crippen LogP contribution < -0.4 is 5.73 Å². The van der Waals surface area contributed by atoms with Gasteiger partial charge in [0.25, 0.3) is 0 Å². The van der Waals surface area contributed by atoms with E-state index in [4.69, 9.17) is 28.9 Å². The summed E-state index contributed by atoms with van der Waals surface area (Å²) in [5.74, 6) is -0.977. The van der Waals surface area contributed by atoms with Crippen molar-refractivity contribution in [3.8, 4) is 0 Å². The Bertz CT molecular complexity index is 451. The largest absolute Gasteiger partial charge is 0.480 e. The Labute approximate surface area is 123 Å². The molecule has 19 heavy (non-hydrogen) atoms. The van der Waals surface area contributed by atoms with Crippen LogP contribution >= 0.6 is 23.2 Å². The van der Waals surface area contributed by atoms with Gasteiger partial charge in [-0.05, 0) is 24.1 Å². The lowest BCUT2D eigenvalue weighted by Crippen LogP contribution is -2.49. The molecule has 3 N–H and O–H groups in total. The first-order valence-corrected chi connectivity index (χ1v) is 7.11. The first kappa shape index (κ1) is 16.3. The van der Waals surface area contributed by atoms with Crippen molar-refractivity contribution in [1.29, 1.82) is 0 Å². The molecule has 5 heteroatoms. The van der Waals surface area contributed by atoms with Crippen LogP contribution in [0.15, 0.2) is 18.2 Å². The van der Waals surface area contributed by atoms with E-state index in [0.29, 0.717) is 16.5 Å². The third-order valence-electron chi connectivity index (χ3n) is 3.16. The van der Waals surface area contributed by atoms with Gasteiger partial charge in [-0.15, -0.1) is 0 Å². The fourth-order valence-corrected chi connectivity index (χ4v) is 2.30. The van der Waals surface area contributed by atoms with Gasteiger partial charge in [0.2, 0.25) is 0 Å². The SMILES string of the molecule is CCCCCC(N)(Cc1ccc(Cl)c(Cl)c1)C(=O)O. The number of nitrogens with two attached hydrogens (primary N) is 1. The monoisotopic (exact) mass is 303 g/mol. The fourth-order valence-electron chi connectivity index (χ4n) is 1.98. The molecule has 0 aliphatic rings. The molecular weight excluding hydrogens is 285 g/mol. The Morgan fingerprint density at radius 1 is 1.32 bits per heavy atom. The molecule has 0 aliphatic heterocycles. The Morgan fingerprint density at radius 3 is 2.53 bits per heavy atom. The highest BCUT2D eigenvalue weighted by atomic mass is 35.5. The average Bonchev–Trinajstić information content (AvgIpc) is 2.34. The molecule has 0 aromatic heterocycles. The highest BCUT2D eigenvalue weighted by Crippen LogP contribution is 2.26. The zero-order valence-corrected chi connectivity index (χ0v) is 12.5. The van der Waals surface area contributed by atoms with E-state index < -0.39 is 11.5 Å². The summed E-state index contributed by atoms with van der Waals surface area (Å²) in [6.45, 7) is 2.07. The summed E-state index contributed by atoms with van der Waals surface area (Å²) in [4.78, 5) is 11.4. The van der Waals surface area contributed by atoms with Crippen LogP contribution in [0.4, 0.5) is 0 Å².